The number of carboxylic acids is 1. The van der Waals surface area contributed by atoms with Gasteiger partial charge in [0.05, 0.1) is 12.8 Å². The third kappa shape index (κ3) is 5.26. The lowest BCUT2D eigenvalue weighted by Crippen LogP contribution is -2.30. The van der Waals surface area contributed by atoms with Gasteiger partial charge in [0.15, 0.2) is 0 Å². The number of amides is 2. The third-order valence-corrected chi connectivity index (χ3v) is 5.96. The molecule has 3 aromatic carbocycles. The van der Waals surface area contributed by atoms with E-state index in [9.17, 15) is 14.4 Å². The fourth-order valence-electron chi connectivity index (χ4n) is 4.21. The zero-order valence-electron chi connectivity index (χ0n) is 18.9. The fourth-order valence-corrected chi connectivity index (χ4v) is 4.21. The molecule has 34 heavy (non-hydrogen) atoms. The van der Waals surface area contributed by atoms with Crippen LogP contribution in [0.15, 0.2) is 72.8 Å². The van der Waals surface area contributed by atoms with Crippen molar-refractivity contribution in [2.45, 2.75) is 18.8 Å². The standard InChI is InChI=1S/C27H26N2O5/c1-29(14-13-26(31)32)25(30)16-18-7-6-8-19(15-18)28-27(33)34-17-24-22-11-4-2-9-20(22)21-10-3-5-12-23(21)24/h2-12,15,24H,13-14,16-17H2,1H3,(H,28,33)(H,31,32). The normalized spacial score (nSPS) is 11.9. The molecule has 0 saturated carbocycles. The van der Waals surface area contributed by atoms with Crippen LogP contribution in [-0.2, 0) is 20.7 Å². The molecule has 4 rings (SSSR count). The maximum Gasteiger partial charge on any atom is 0.411 e. The van der Waals surface area contributed by atoms with E-state index >= 15 is 0 Å². The van der Waals surface area contributed by atoms with Gasteiger partial charge in [-0.3, -0.25) is 14.9 Å². The number of nitrogens with one attached hydrogen (secondary N) is 1. The molecule has 7 nitrogen and oxygen atoms in total. The average molecular weight is 459 g/mol. The number of nitrogens with zero attached hydrogens (tertiary/aromatic N) is 1. The predicted molar refractivity (Wildman–Crippen MR) is 129 cm³/mol. The Morgan fingerprint density at radius 1 is 0.941 bits per heavy atom. The molecule has 0 aliphatic heterocycles. The molecule has 174 valence electrons. The van der Waals surface area contributed by atoms with E-state index in [0.29, 0.717) is 11.3 Å². The first-order valence-corrected chi connectivity index (χ1v) is 11.1. The first-order valence-electron chi connectivity index (χ1n) is 11.1. The monoisotopic (exact) mass is 458 g/mol. The third-order valence-electron chi connectivity index (χ3n) is 5.96. The van der Waals surface area contributed by atoms with Gasteiger partial charge in [-0.1, -0.05) is 60.7 Å². The molecule has 0 atom stereocenters. The van der Waals surface area contributed by atoms with Gasteiger partial charge in [-0.15, -0.1) is 0 Å². The molecule has 0 unspecified atom stereocenters. The number of fused-ring (bicyclic) bond motifs is 3. The minimum atomic E-state index is -0.950. The SMILES string of the molecule is CN(CCC(=O)O)C(=O)Cc1cccc(NC(=O)OCC2c3ccccc3-c3ccccc32)c1. The van der Waals surface area contributed by atoms with Gasteiger partial charge in [0.2, 0.25) is 5.91 Å². The highest BCUT2D eigenvalue weighted by Crippen LogP contribution is 2.44. The highest BCUT2D eigenvalue weighted by Gasteiger charge is 2.29. The summed E-state index contributed by atoms with van der Waals surface area (Å²) in [7, 11) is 1.57. The van der Waals surface area contributed by atoms with Gasteiger partial charge in [0.1, 0.15) is 6.61 Å². The number of carboxylic acid groups (broad SMARTS) is 1. The summed E-state index contributed by atoms with van der Waals surface area (Å²) in [5, 5.41) is 11.5. The Balaban J connectivity index is 1.35. The van der Waals surface area contributed by atoms with Gasteiger partial charge in [0, 0.05) is 25.2 Å². The minimum Gasteiger partial charge on any atom is -0.481 e. The molecule has 3 aromatic rings. The number of carbonyl (C=O) groups is 3. The van der Waals surface area contributed by atoms with Crippen molar-refractivity contribution in [2.24, 2.45) is 0 Å². The minimum absolute atomic E-state index is 0.0246. The Bertz CT molecular complexity index is 1180. The van der Waals surface area contributed by atoms with Crippen molar-refractivity contribution >= 4 is 23.7 Å². The quantitative estimate of drug-likeness (QED) is 0.517. The number of hydrogen-bond acceptors (Lipinski definition) is 4. The zero-order chi connectivity index (χ0) is 24.1. The Morgan fingerprint density at radius 2 is 1.59 bits per heavy atom. The van der Waals surface area contributed by atoms with E-state index < -0.39 is 12.1 Å². The van der Waals surface area contributed by atoms with Crippen LogP contribution in [0.4, 0.5) is 10.5 Å². The summed E-state index contributed by atoms with van der Waals surface area (Å²) < 4.78 is 5.58. The van der Waals surface area contributed by atoms with Gasteiger partial charge in [-0.2, -0.15) is 0 Å². The molecule has 0 heterocycles. The number of rotatable bonds is 8. The van der Waals surface area contributed by atoms with Crippen LogP contribution in [0.2, 0.25) is 0 Å². The first kappa shape index (κ1) is 23.0. The summed E-state index contributed by atoms with van der Waals surface area (Å²) in [5.41, 5.74) is 5.85. The number of hydrogen-bond donors (Lipinski definition) is 2. The van der Waals surface area contributed by atoms with E-state index in [0.717, 1.165) is 22.3 Å². The second-order valence-corrected chi connectivity index (χ2v) is 8.29. The molecule has 0 bridgehead atoms. The van der Waals surface area contributed by atoms with Crippen LogP contribution in [0, 0.1) is 0 Å². The number of anilines is 1. The molecule has 2 N–H and O–H groups in total. The maximum atomic E-state index is 12.5. The molecule has 0 fully saturated rings. The number of likely N-dealkylation sites (N-methyl/N-ethyl adjacent to an activating group) is 1. The van der Waals surface area contributed by atoms with Crippen LogP contribution < -0.4 is 5.32 Å². The molecule has 7 heteroatoms. The molecule has 2 amide bonds. The van der Waals surface area contributed by atoms with Crippen molar-refractivity contribution in [3.8, 4) is 11.1 Å². The van der Waals surface area contributed by atoms with Crippen LogP contribution >= 0.6 is 0 Å². The van der Waals surface area contributed by atoms with Crippen molar-refractivity contribution in [2.75, 3.05) is 25.5 Å². The van der Waals surface area contributed by atoms with Crippen molar-refractivity contribution in [3.63, 3.8) is 0 Å². The van der Waals surface area contributed by atoms with Crippen LogP contribution in [0.25, 0.3) is 11.1 Å². The molecular weight excluding hydrogens is 432 g/mol. The molecule has 0 aromatic heterocycles. The summed E-state index contributed by atoms with van der Waals surface area (Å²) in [6.45, 7) is 0.359. The highest BCUT2D eigenvalue weighted by molar-refractivity contribution is 5.86. The Hall–Kier alpha value is -4.13. The molecule has 0 radical (unpaired) electrons. The lowest BCUT2D eigenvalue weighted by molar-refractivity contribution is -0.138. The van der Waals surface area contributed by atoms with E-state index in [4.69, 9.17) is 9.84 Å². The van der Waals surface area contributed by atoms with Gasteiger partial charge in [-0.25, -0.2) is 4.79 Å². The number of aliphatic carboxylic acids is 1. The lowest BCUT2D eigenvalue weighted by Gasteiger charge is -2.16. The summed E-state index contributed by atoms with van der Waals surface area (Å²) in [6.07, 6.45) is -0.564. The van der Waals surface area contributed by atoms with Gasteiger partial charge < -0.3 is 14.7 Å². The van der Waals surface area contributed by atoms with Crippen LogP contribution in [0.5, 0.6) is 0 Å². The average Bonchev–Trinajstić information content (AvgIpc) is 3.15. The largest absolute Gasteiger partial charge is 0.481 e. The predicted octanol–water partition coefficient (Wildman–Crippen LogP) is 4.52. The second-order valence-electron chi connectivity index (χ2n) is 8.29. The van der Waals surface area contributed by atoms with E-state index in [1.807, 2.05) is 24.3 Å². The molecule has 0 spiro atoms. The van der Waals surface area contributed by atoms with Crippen LogP contribution in [-0.4, -0.2) is 48.2 Å². The van der Waals surface area contributed by atoms with Crippen LogP contribution in [0.3, 0.4) is 0 Å². The number of ether oxygens (including phenoxy) is 1. The number of benzene rings is 3. The second kappa shape index (κ2) is 10.2. The summed E-state index contributed by atoms with van der Waals surface area (Å²) >= 11 is 0. The fraction of sp³-hybridized carbons (Fsp3) is 0.222. The topological polar surface area (TPSA) is 95.9 Å². The van der Waals surface area contributed by atoms with Crippen molar-refractivity contribution in [3.05, 3.63) is 89.5 Å². The smallest absolute Gasteiger partial charge is 0.411 e. The summed E-state index contributed by atoms with van der Waals surface area (Å²) in [6, 6.07) is 23.3. The number of carbonyl (C=O) groups excluding carboxylic acids is 2. The lowest BCUT2D eigenvalue weighted by atomic mass is 9.98. The Kier molecular flexibility index (Phi) is 6.92. The van der Waals surface area contributed by atoms with Gasteiger partial charge >= 0.3 is 12.1 Å². The molecule has 0 saturated heterocycles. The van der Waals surface area contributed by atoms with Crippen molar-refractivity contribution in [1.82, 2.24) is 4.90 Å². The maximum absolute atomic E-state index is 12.5. The first-order chi connectivity index (χ1) is 16.4. The van der Waals surface area contributed by atoms with Gasteiger partial charge in [0.25, 0.3) is 0 Å². The van der Waals surface area contributed by atoms with E-state index in [1.54, 1.807) is 31.3 Å². The Morgan fingerprint density at radius 3 is 2.24 bits per heavy atom. The molecule has 1 aliphatic carbocycles. The van der Waals surface area contributed by atoms with Gasteiger partial charge in [-0.05, 0) is 39.9 Å². The zero-order valence-corrected chi connectivity index (χ0v) is 18.9. The van der Waals surface area contributed by atoms with E-state index in [-0.39, 0.29) is 37.8 Å². The van der Waals surface area contributed by atoms with E-state index in [2.05, 4.69) is 29.6 Å². The molecule has 1 aliphatic rings. The summed E-state index contributed by atoms with van der Waals surface area (Å²) in [4.78, 5) is 36.9. The summed E-state index contributed by atoms with van der Waals surface area (Å²) in [5.74, 6) is -1.17. The Labute approximate surface area is 198 Å². The van der Waals surface area contributed by atoms with Crippen molar-refractivity contribution < 1.29 is 24.2 Å². The van der Waals surface area contributed by atoms with Crippen molar-refractivity contribution in [1.29, 1.82) is 0 Å². The highest BCUT2D eigenvalue weighted by atomic mass is 16.5. The van der Waals surface area contributed by atoms with Crippen LogP contribution in [0.1, 0.15) is 29.0 Å². The van der Waals surface area contributed by atoms with E-state index in [1.165, 1.54) is 4.90 Å². The molecular formula is C27H26N2O5.